The van der Waals surface area contributed by atoms with Gasteiger partial charge in [0.05, 0.1) is 16.7 Å². The van der Waals surface area contributed by atoms with Gasteiger partial charge in [0.25, 0.3) is 0 Å². The molecule has 1 fully saturated rings. The number of carbonyl (C=O) groups is 4. The number of benzene rings is 3. The van der Waals surface area contributed by atoms with E-state index in [1.807, 2.05) is 0 Å². The zero-order valence-electron chi connectivity index (χ0n) is 21.3. The highest BCUT2D eigenvalue weighted by atomic mass is 16.7. The van der Waals surface area contributed by atoms with Crippen LogP contribution >= 0.6 is 0 Å². The van der Waals surface area contributed by atoms with E-state index in [9.17, 15) is 19.2 Å². The molecule has 2 aliphatic heterocycles. The van der Waals surface area contributed by atoms with Crippen molar-refractivity contribution in [2.75, 3.05) is 13.2 Å². The molecule has 2 amide bonds. The third kappa shape index (κ3) is 6.02. The SMILES string of the molecule is O=C(OC[C@H]1O[C@@H](N2C=CCNC2=O)C(OC(=O)c2ccccc2)C1OC(=O)c1ccccc1)c1ccccc1. The lowest BCUT2D eigenvalue weighted by Gasteiger charge is -2.31. The maximum atomic E-state index is 13.1. The molecule has 0 spiro atoms. The molecule has 0 aromatic heterocycles. The number of nitrogens with one attached hydrogen (secondary N) is 1. The smallest absolute Gasteiger partial charge is 0.338 e. The van der Waals surface area contributed by atoms with Crippen LogP contribution in [-0.4, -0.2) is 66.5 Å². The Bertz CT molecular complexity index is 1380. The molecule has 10 heteroatoms. The van der Waals surface area contributed by atoms with Crippen molar-refractivity contribution in [3.63, 3.8) is 0 Å². The van der Waals surface area contributed by atoms with E-state index in [1.54, 1.807) is 97.1 Å². The highest BCUT2D eigenvalue weighted by Crippen LogP contribution is 2.32. The Kier molecular flexibility index (Phi) is 8.17. The Hall–Kier alpha value is -4.96. The number of ether oxygens (including phenoxy) is 4. The van der Waals surface area contributed by atoms with Gasteiger partial charge in [0, 0.05) is 12.7 Å². The standard InChI is InChI=1S/C30H26N2O8/c33-27(20-11-4-1-5-12-20)37-19-23-24(39-28(34)21-13-6-2-7-14-21)25(40-29(35)22-15-8-3-9-16-22)26(38-23)32-18-10-17-31-30(32)36/h1-16,18,23-26H,17,19H2,(H,31,36)/t23-,24?,25?,26-/m1/s1. The predicted molar refractivity (Wildman–Crippen MR) is 141 cm³/mol. The highest BCUT2D eigenvalue weighted by Gasteiger charge is 2.53. The van der Waals surface area contributed by atoms with Crippen molar-refractivity contribution in [3.05, 3.63) is 120 Å². The maximum absolute atomic E-state index is 13.1. The van der Waals surface area contributed by atoms with Crippen molar-refractivity contribution in [1.29, 1.82) is 0 Å². The van der Waals surface area contributed by atoms with Crippen LogP contribution in [0.3, 0.4) is 0 Å². The average Bonchev–Trinajstić information content (AvgIpc) is 3.33. The molecule has 3 aromatic rings. The Balaban J connectivity index is 1.45. The second kappa shape index (κ2) is 12.3. The summed E-state index contributed by atoms with van der Waals surface area (Å²) in [5.74, 6) is -2.02. The Labute approximate surface area is 230 Å². The van der Waals surface area contributed by atoms with E-state index in [0.717, 1.165) is 0 Å². The first-order chi connectivity index (χ1) is 19.5. The van der Waals surface area contributed by atoms with Crippen LogP contribution in [0, 0.1) is 0 Å². The Morgan fingerprint density at radius 1 is 0.750 bits per heavy atom. The summed E-state index contributed by atoms with van der Waals surface area (Å²) >= 11 is 0. The van der Waals surface area contributed by atoms with Crippen LogP contribution in [0.5, 0.6) is 0 Å². The number of urea groups is 1. The summed E-state index contributed by atoms with van der Waals surface area (Å²) in [5, 5.41) is 2.67. The summed E-state index contributed by atoms with van der Waals surface area (Å²) in [6.45, 7) is -0.0312. The van der Waals surface area contributed by atoms with E-state index >= 15 is 0 Å². The van der Waals surface area contributed by atoms with Gasteiger partial charge >= 0.3 is 23.9 Å². The predicted octanol–water partition coefficient (Wildman–Crippen LogP) is 3.56. The van der Waals surface area contributed by atoms with E-state index in [2.05, 4.69) is 5.32 Å². The van der Waals surface area contributed by atoms with Gasteiger partial charge in [-0.05, 0) is 42.5 Å². The van der Waals surface area contributed by atoms with Crippen LogP contribution in [0.1, 0.15) is 31.1 Å². The van der Waals surface area contributed by atoms with E-state index < -0.39 is 48.5 Å². The molecule has 10 nitrogen and oxygen atoms in total. The Morgan fingerprint density at radius 2 is 1.25 bits per heavy atom. The fourth-order valence-electron chi connectivity index (χ4n) is 4.35. The van der Waals surface area contributed by atoms with Gasteiger partial charge in [0.2, 0.25) is 0 Å². The Morgan fingerprint density at radius 3 is 1.77 bits per heavy atom. The van der Waals surface area contributed by atoms with E-state index in [0.29, 0.717) is 12.1 Å². The topological polar surface area (TPSA) is 120 Å². The average molecular weight is 543 g/mol. The van der Waals surface area contributed by atoms with Crippen molar-refractivity contribution in [2.45, 2.75) is 24.5 Å². The first-order valence-corrected chi connectivity index (χ1v) is 12.6. The van der Waals surface area contributed by atoms with E-state index in [4.69, 9.17) is 18.9 Å². The maximum Gasteiger partial charge on any atom is 0.338 e. The third-order valence-electron chi connectivity index (χ3n) is 6.32. The third-order valence-corrected chi connectivity index (χ3v) is 6.32. The fraction of sp³-hybridized carbons (Fsp3) is 0.200. The second-order valence-electron chi connectivity index (χ2n) is 8.98. The highest BCUT2D eigenvalue weighted by molar-refractivity contribution is 5.91. The first-order valence-electron chi connectivity index (χ1n) is 12.6. The number of amides is 2. The van der Waals surface area contributed by atoms with Gasteiger partial charge in [-0.15, -0.1) is 0 Å². The van der Waals surface area contributed by atoms with Crippen molar-refractivity contribution >= 4 is 23.9 Å². The van der Waals surface area contributed by atoms with Crippen LogP contribution in [0.15, 0.2) is 103 Å². The zero-order chi connectivity index (χ0) is 27.9. The lowest BCUT2D eigenvalue weighted by atomic mass is 10.1. The van der Waals surface area contributed by atoms with E-state index in [-0.39, 0.29) is 17.7 Å². The number of nitrogens with zero attached hydrogens (tertiary/aromatic N) is 1. The summed E-state index contributed by atoms with van der Waals surface area (Å²) < 4.78 is 23.3. The molecule has 0 saturated carbocycles. The molecular weight excluding hydrogens is 516 g/mol. The van der Waals surface area contributed by atoms with Crippen molar-refractivity contribution < 1.29 is 38.1 Å². The summed E-state index contributed by atoms with van der Waals surface area (Å²) in [4.78, 5) is 52.9. The monoisotopic (exact) mass is 542 g/mol. The zero-order valence-corrected chi connectivity index (χ0v) is 21.3. The molecule has 5 rings (SSSR count). The van der Waals surface area contributed by atoms with Crippen molar-refractivity contribution in [3.8, 4) is 0 Å². The molecule has 0 radical (unpaired) electrons. The number of esters is 3. The first kappa shape index (κ1) is 26.6. The second-order valence-corrected chi connectivity index (χ2v) is 8.98. The van der Waals surface area contributed by atoms with Crippen LogP contribution in [0.2, 0.25) is 0 Å². The van der Waals surface area contributed by atoms with Crippen LogP contribution in [-0.2, 0) is 18.9 Å². The summed E-state index contributed by atoms with van der Waals surface area (Å²) in [5.41, 5.74) is 0.835. The summed E-state index contributed by atoms with van der Waals surface area (Å²) in [6.07, 6.45) is -1.54. The number of hydrogen-bond acceptors (Lipinski definition) is 8. The molecule has 1 saturated heterocycles. The van der Waals surface area contributed by atoms with E-state index in [1.165, 1.54) is 11.1 Å². The van der Waals surface area contributed by atoms with Gasteiger partial charge in [-0.1, -0.05) is 54.6 Å². The number of hydrogen-bond donors (Lipinski definition) is 1. The molecule has 2 heterocycles. The summed E-state index contributed by atoms with van der Waals surface area (Å²) in [6, 6.07) is 24.4. The van der Waals surface area contributed by atoms with Gasteiger partial charge in [0.15, 0.2) is 18.4 Å². The minimum absolute atomic E-state index is 0.256. The molecule has 1 N–H and O–H groups in total. The quantitative estimate of drug-likeness (QED) is 0.339. The lowest BCUT2D eigenvalue weighted by Crippen LogP contribution is -2.52. The summed E-state index contributed by atoms with van der Waals surface area (Å²) in [7, 11) is 0. The molecule has 2 aliphatic rings. The molecule has 0 bridgehead atoms. The molecular formula is C30H26N2O8. The molecule has 3 aromatic carbocycles. The van der Waals surface area contributed by atoms with Gasteiger partial charge in [-0.2, -0.15) is 0 Å². The van der Waals surface area contributed by atoms with Crippen LogP contribution in [0.4, 0.5) is 4.79 Å². The molecule has 2 unspecified atom stereocenters. The molecule has 40 heavy (non-hydrogen) atoms. The number of rotatable bonds is 8. The lowest BCUT2D eigenvalue weighted by molar-refractivity contribution is -0.0730. The van der Waals surface area contributed by atoms with Crippen LogP contribution in [0.25, 0.3) is 0 Å². The van der Waals surface area contributed by atoms with Crippen molar-refractivity contribution in [1.82, 2.24) is 10.2 Å². The minimum Gasteiger partial charge on any atom is -0.459 e. The van der Waals surface area contributed by atoms with Gasteiger partial charge < -0.3 is 24.3 Å². The normalized spacial score (nSPS) is 21.8. The van der Waals surface area contributed by atoms with Gasteiger partial charge in [-0.25, -0.2) is 19.2 Å². The van der Waals surface area contributed by atoms with Gasteiger partial charge in [-0.3, -0.25) is 4.90 Å². The van der Waals surface area contributed by atoms with Crippen molar-refractivity contribution in [2.24, 2.45) is 0 Å². The fourth-order valence-corrected chi connectivity index (χ4v) is 4.35. The molecule has 204 valence electrons. The molecule has 4 atom stereocenters. The van der Waals surface area contributed by atoms with Gasteiger partial charge in [0.1, 0.15) is 12.7 Å². The van der Waals surface area contributed by atoms with Crippen LogP contribution < -0.4 is 5.32 Å². The largest absolute Gasteiger partial charge is 0.459 e. The molecule has 0 aliphatic carbocycles. The minimum atomic E-state index is -1.26. The number of carbonyl (C=O) groups excluding carboxylic acids is 4.